The first-order valence-corrected chi connectivity index (χ1v) is 27.1. The highest BCUT2D eigenvalue weighted by molar-refractivity contribution is 6.34. The second-order valence-corrected chi connectivity index (χ2v) is 22.4. The Hall–Kier alpha value is -6.14. The van der Waals surface area contributed by atoms with Gasteiger partial charge in [-0.3, -0.25) is 9.69 Å². The van der Waals surface area contributed by atoms with Gasteiger partial charge in [0.2, 0.25) is 0 Å². The van der Waals surface area contributed by atoms with E-state index in [1.807, 2.05) is 54.8 Å². The third kappa shape index (κ3) is 13.9. The fourth-order valence-electron chi connectivity index (χ4n) is 11.0. The number of likely N-dealkylation sites (tertiary alicyclic amines) is 1. The van der Waals surface area contributed by atoms with Gasteiger partial charge in [-0.2, -0.15) is 23.1 Å². The molecular formula is C58H72ClF4N7O7. The maximum Gasteiger partial charge on any atom is 0.418 e. The monoisotopic (exact) mass is 1090 g/mol. The number of aryl methyl sites for hydroxylation is 1. The number of unbranched alkanes of at least 4 members (excludes halogenated alkanes) is 3. The summed E-state index contributed by atoms with van der Waals surface area (Å²) in [6.07, 6.45) is 1.88. The van der Waals surface area contributed by atoms with E-state index in [2.05, 4.69) is 16.8 Å². The van der Waals surface area contributed by atoms with Crippen LogP contribution in [0.3, 0.4) is 0 Å². The minimum absolute atomic E-state index is 0.138. The Morgan fingerprint density at radius 2 is 1.49 bits per heavy atom. The van der Waals surface area contributed by atoms with Crippen molar-refractivity contribution in [3.05, 3.63) is 93.8 Å². The lowest BCUT2D eigenvalue weighted by Gasteiger charge is -2.42. The van der Waals surface area contributed by atoms with Crippen molar-refractivity contribution in [3.8, 4) is 28.8 Å². The molecule has 77 heavy (non-hydrogen) atoms. The van der Waals surface area contributed by atoms with E-state index in [4.69, 9.17) is 45.3 Å². The first-order valence-electron chi connectivity index (χ1n) is 26.7. The molecule has 0 radical (unpaired) electrons. The molecule has 8 rings (SSSR count). The second kappa shape index (κ2) is 24.3. The number of pyridine rings is 1. The molecule has 2 bridgehead atoms. The second-order valence-electron chi connectivity index (χ2n) is 22.0. The number of ether oxygens (including phenoxy) is 5. The van der Waals surface area contributed by atoms with Gasteiger partial charge in [-0.25, -0.2) is 14.2 Å². The summed E-state index contributed by atoms with van der Waals surface area (Å²) >= 11 is 7.11. The summed E-state index contributed by atoms with van der Waals surface area (Å²) in [6.45, 7) is 14.9. The number of anilines is 2. The molecule has 19 heteroatoms. The van der Waals surface area contributed by atoms with E-state index in [-0.39, 0.29) is 82.3 Å². The molecule has 1 amide bonds. The first-order chi connectivity index (χ1) is 36.6. The Kier molecular flexibility index (Phi) is 18.0. The third-order valence-electron chi connectivity index (χ3n) is 14.7. The Balaban J connectivity index is 1.17. The largest absolute Gasteiger partial charge is 0.497 e. The Labute approximate surface area is 454 Å². The molecule has 2 unspecified atom stereocenters. The molecular weight excluding hydrogens is 1020 g/mol. The molecule has 0 N–H and O–H groups in total. The summed E-state index contributed by atoms with van der Waals surface area (Å²) in [5.74, 6) is 0.436. The Morgan fingerprint density at radius 1 is 0.870 bits per heavy atom. The van der Waals surface area contributed by atoms with E-state index in [1.54, 1.807) is 50.3 Å². The van der Waals surface area contributed by atoms with Gasteiger partial charge < -0.3 is 38.4 Å². The van der Waals surface area contributed by atoms with Gasteiger partial charge >= 0.3 is 24.2 Å². The number of aromatic nitrogens is 3. The normalized spacial score (nSPS) is 18.9. The summed E-state index contributed by atoms with van der Waals surface area (Å²) < 4.78 is 92.8. The van der Waals surface area contributed by atoms with E-state index in [0.717, 1.165) is 69.3 Å². The number of benzene rings is 3. The summed E-state index contributed by atoms with van der Waals surface area (Å²) in [5.41, 5.74) is -2.26. The summed E-state index contributed by atoms with van der Waals surface area (Å²) in [7, 11) is 3.12. The SMILES string of the molecule is CCOC(=O)CCCCCCN1CCC[C@@](C)(COc2nc(N3CC4CCC(C3)N4C(=O)OC(C)(C)C)c3cc(Cl)c(-c4nc(N(Cc5ccc(OC)cc5)Cc5ccc(OC)cc5)cc(C)c4C(F)(F)F)c(F)c3n2)C1. The highest BCUT2D eigenvalue weighted by Crippen LogP contribution is 2.46. The molecule has 5 aromatic rings. The van der Waals surface area contributed by atoms with Crippen LogP contribution in [-0.4, -0.2) is 115 Å². The summed E-state index contributed by atoms with van der Waals surface area (Å²) in [4.78, 5) is 47.7. The zero-order valence-electron chi connectivity index (χ0n) is 45.5. The summed E-state index contributed by atoms with van der Waals surface area (Å²) in [5, 5.41) is -0.141. The number of methoxy groups -OCH3 is 2. The van der Waals surface area contributed by atoms with Crippen molar-refractivity contribution < 1.29 is 50.8 Å². The van der Waals surface area contributed by atoms with Gasteiger partial charge in [-0.1, -0.05) is 55.6 Å². The van der Waals surface area contributed by atoms with Gasteiger partial charge in [0, 0.05) is 49.9 Å². The molecule has 2 aromatic heterocycles. The van der Waals surface area contributed by atoms with Crippen LogP contribution in [0.25, 0.3) is 22.2 Å². The highest BCUT2D eigenvalue weighted by Gasteiger charge is 2.46. The minimum Gasteiger partial charge on any atom is -0.497 e. The number of halogens is 5. The van der Waals surface area contributed by atoms with Crippen LogP contribution in [-0.2, 0) is 33.5 Å². The van der Waals surface area contributed by atoms with Crippen molar-refractivity contribution in [1.29, 1.82) is 0 Å². The van der Waals surface area contributed by atoms with Crippen LogP contribution in [0, 0.1) is 18.2 Å². The number of carbonyl (C=O) groups is 2. The molecule has 3 aliphatic rings. The van der Waals surface area contributed by atoms with E-state index in [1.165, 1.54) is 19.1 Å². The van der Waals surface area contributed by atoms with Crippen LogP contribution in [0.15, 0.2) is 60.7 Å². The molecule has 14 nitrogen and oxygen atoms in total. The number of alkyl halides is 3. The van der Waals surface area contributed by atoms with Crippen molar-refractivity contribution in [1.82, 2.24) is 24.8 Å². The van der Waals surface area contributed by atoms with Crippen molar-refractivity contribution in [2.75, 3.05) is 70.0 Å². The van der Waals surface area contributed by atoms with Gasteiger partial charge in [-0.15, -0.1) is 0 Å². The highest BCUT2D eigenvalue weighted by atomic mass is 35.5. The van der Waals surface area contributed by atoms with Crippen LogP contribution in [0.4, 0.5) is 34.0 Å². The molecule has 0 spiro atoms. The number of piperidine rings is 1. The lowest BCUT2D eigenvalue weighted by molar-refractivity contribution is -0.143. The number of carbonyl (C=O) groups excluding carboxylic acids is 2. The molecule has 5 heterocycles. The fourth-order valence-corrected chi connectivity index (χ4v) is 11.3. The van der Waals surface area contributed by atoms with Crippen molar-refractivity contribution in [3.63, 3.8) is 0 Å². The molecule has 3 aromatic carbocycles. The fraction of sp³-hybridized carbons (Fsp3) is 0.534. The lowest BCUT2D eigenvalue weighted by Crippen LogP contribution is -2.57. The maximum absolute atomic E-state index is 18.1. The predicted octanol–water partition coefficient (Wildman–Crippen LogP) is 12.6. The van der Waals surface area contributed by atoms with E-state index >= 15 is 17.6 Å². The van der Waals surface area contributed by atoms with Crippen molar-refractivity contribution in [2.24, 2.45) is 5.41 Å². The number of hydrogen-bond acceptors (Lipinski definition) is 13. The molecule has 3 saturated heterocycles. The zero-order chi connectivity index (χ0) is 55.2. The molecule has 416 valence electrons. The standard InChI is InChI=1S/C58H72ClF4N7O7/c1-9-75-47(71)15-12-10-11-13-27-67-28-14-26-57(6,35-67)36-76-54-65-51-44(53(66-54)69-33-40-20-21-41(34-69)70(40)55(72)77-56(3,4)5)30-45(59)48(50(51)60)52-49(58(61,62)63)37(2)29-46(64-52)68(31-38-16-22-42(73-7)23-17-38)32-39-18-24-43(74-8)25-19-39/h16-19,22-25,29-30,40-41H,9-15,20-21,26-28,31-36H2,1-8H3/t40?,41?,57-/m1/s1. The van der Waals surface area contributed by atoms with E-state index in [9.17, 15) is 9.59 Å². The number of nitrogens with zero attached hydrogens (tertiary/aromatic N) is 7. The number of esters is 1. The van der Waals surface area contributed by atoms with Crippen LogP contribution in [0.5, 0.6) is 17.5 Å². The van der Waals surface area contributed by atoms with Gasteiger partial charge in [-0.05, 0) is 139 Å². The molecule has 0 saturated carbocycles. The van der Waals surface area contributed by atoms with Gasteiger partial charge in [0.1, 0.15) is 34.3 Å². The Bertz CT molecular complexity index is 2810. The average molecular weight is 1090 g/mol. The quantitative estimate of drug-likeness (QED) is 0.0416. The average Bonchev–Trinajstić information content (AvgIpc) is 3.78. The summed E-state index contributed by atoms with van der Waals surface area (Å²) in [6, 6.07) is 16.8. The number of rotatable bonds is 20. The number of fused-ring (bicyclic) bond motifs is 3. The van der Waals surface area contributed by atoms with Crippen molar-refractivity contribution in [2.45, 2.75) is 136 Å². The van der Waals surface area contributed by atoms with Crippen LogP contribution < -0.4 is 24.0 Å². The molecule has 0 aliphatic carbocycles. The predicted molar refractivity (Wildman–Crippen MR) is 289 cm³/mol. The van der Waals surface area contributed by atoms with Gasteiger partial charge in [0.05, 0.1) is 61.4 Å². The molecule has 3 fully saturated rings. The zero-order valence-corrected chi connectivity index (χ0v) is 46.3. The maximum atomic E-state index is 18.1. The topological polar surface area (TPSA) is 132 Å². The van der Waals surface area contributed by atoms with E-state index in [0.29, 0.717) is 50.5 Å². The molecule has 3 aliphatic heterocycles. The van der Waals surface area contributed by atoms with Crippen LogP contribution in [0.2, 0.25) is 5.02 Å². The first kappa shape index (κ1) is 57.0. The molecule has 3 atom stereocenters. The van der Waals surface area contributed by atoms with E-state index < -0.39 is 40.5 Å². The third-order valence-corrected chi connectivity index (χ3v) is 15.0. The number of hydrogen-bond donors (Lipinski definition) is 0. The van der Waals surface area contributed by atoms with Gasteiger partial charge in [0.15, 0.2) is 5.82 Å². The Morgan fingerprint density at radius 3 is 2.08 bits per heavy atom. The minimum atomic E-state index is -4.97. The number of amides is 1. The van der Waals surface area contributed by atoms with Gasteiger partial charge in [0.25, 0.3) is 0 Å². The van der Waals surface area contributed by atoms with Crippen LogP contribution >= 0.6 is 11.6 Å². The smallest absolute Gasteiger partial charge is 0.418 e. The van der Waals surface area contributed by atoms with Crippen molar-refractivity contribution >= 4 is 46.2 Å². The lowest BCUT2D eigenvalue weighted by atomic mass is 9.82. The number of piperazine rings is 1. The van der Waals surface area contributed by atoms with Crippen LogP contribution in [0.1, 0.15) is 115 Å².